The van der Waals surface area contributed by atoms with Gasteiger partial charge in [-0.15, -0.1) is 13.2 Å². The van der Waals surface area contributed by atoms with E-state index in [1.807, 2.05) is 0 Å². The van der Waals surface area contributed by atoms with Crippen LogP contribution in [0.15, 0.2) is 24.3 Å². The van der Waals surface area contributed by atoms with Gasteiger partial charge in [0.15, 0.2) is 5.75 Å². The van der Waals surface area contributed by atoms with Crippen LogP contribution >= 0.6 is 0 Å². The van der Waals surface area contributed by atoms with Gasteiger partial charge in [-0.25, -0.2) is 0 Å². The highest BCUT2D eigenvalue weighted by Gasteiger charge is 2.32. The van der Waals surface area contributed by atoms with Crippen LogP contribution in [0.4, 0.5) is 18.9 Å². The number of rotatable bonds is 5. The van der Waals surface area contributed by atoms with E-state index in [2.05, 4.69) is 10.1 Å². The molecule has 0 saturated heterocycles. The van der Waals surface area contributed by atoms with Crippen LogP contribution in [0.25, 0.3) is 0 Å². The second kappa shape index (κ2) is 6.25. The topological polar surface area (TPSA) is 47.6 Å². The van der Waals surface area contributed by atoms with E-state index in [4.69, 9.17) is 4.74 Å². The zero-order valence-electron chi connectivity index (χ0n) is 9.58. The Morgan fingerprint density at radius 3 is 2.61 bits per heavy atom. The molecular formula is C11H12F3NO3. The van der Waals surface area contributed by atoms with Crippen molar-refractivity contribution in [2.45, 2.75) is 13.3 Å². The van der Waals surface area contributed by atoms with Gasteiger partial charge in [-0.05, 0) is 19.1 Å². The lowest BCUT2D eigenvalue weighted by Crippen LogP contribution is -2.21. The average molecular weight is 263 g/mol. The maximum absolute atomic E-state index is 12.1. The van der Waals surface area contributed by atoms with E-state index in [0.717, 1.165) is 6.07 Å². The van der Waals surface area contributed by atoms with Gasteiger partial charge in [-0.2, -0.15) is 0 Å². The van der Waals surface area contributed by atoms with Crippen LogP contribution in [-0.2, 0) is 9.53 Å². The van der Waals surface area contributed by atoms with Gasteiger partial charge >= 0.3 is 6.36 Å². The number of carbonyl (C=O) groups is 1. The Morgan fingerprint density at radius 2 is 2.00 bits per heavy atom. The Kier molecular flexibility index (Phi) is 4.96. The summed E-state index contributed by atoms with van der Waals surface area (Å²) < 4.78 is 44.9. The van der Waals surface area contributed by atoms with Gasteiger partial charge in [-0.3, -0.25) is 4.79 Å². The summed E-state index contributed by atoms with van der Waals surface area (Å²) in [5, 5.41) is 2.28. The predicted molar refractivity (Wildman–Crippen MR) is 58.2 cm³/mol. The molecule has 0 radical (unpaired) electrons. The number of amides is 1. The molecule has 0 atom stereocenters. The van der Waals surface area contributed by atoms with E-state index >= 15 is 0 Å². The van der Waals surface area contributed by atoms with Crippen molar-refractivity contribution in [3.05, 3.63) is 24.3 Å². The molecule has 0 unspecified atom stereocenters. The molecule has 1 aromatic rings. The highest BCUT2D eigenvalue weighted by Crippen LogP contribution is 2.29. The third kappa shape index (κ3) is 5.05. The zero-order valence-corrected chi connectivity index (χ0v) is 9.58. The molecule has 18 heavy (non-hydrogen) atoms. The van der Waals surface area contributed by atoms with E-state index in [0.29, 0.717) is 6.61 Å². The second-order valence-corrected chi connectivity index (χ2v) is 3.23. The summed E-state index contributed by atoms with van der Waals surface area (Å²) in [6, 6.07) is 5.29. The first-order valence-corrected chi connectivity index (χ1v) is 5.14. The van der Waals surface area contributed by atoms with Crippen LogP contribution in [0.5, 0.6) is 5.75 Å². The second-order valence-electron chi connectivity index (χ2n) is 3.23. The molecule has 1 N–H and O–H groups in total. The minimum Gasteiger partial charge on any atom is -0.404 e. The van der Waals surface area contributed by atoms with Crippen molar-refractivity contribution in [2.24, 2.45) is 0 Å². The number of benzene rings is 1. The van der Waals surface area contributed by atoms with Gasteiger partial charge in [-0.1, -0.05) is 12.1 Å². The Labute approximate surface area is 102 Å². The summed E-state index contributed by atoms with van der Waals surface area (Å²) in [5.74, 6) is -1.01. The number of ether oxygens (including phenoxy) is 2. The standard InChI is InChI=1S/C11H12F3NO3/c1-2-17-7-10(16)15-8-5-3-4-6-9(8)18-11(12,13)14/h3-6H,2,7H2,1H3,(H,15,16). The molecular weight excluding hydrogens is 251 g/mol. The van der Waals surface area contributed by atoms with Gasteiger partial charge in [0.1, 0.15) is 6.61 Å². The van der Waals surface area contributed by atoms with Crippen molar-refractivity contribution in [3.63, 3.8) is 0 Å². The molecule has 0 bridgehead atoms. The van der Waals surface area contributed by atoms with Gasteiger partial charge in [0, 0.05) is 6.61 Å². The van der Waals surface area contributed by atoms with Gasteiger partial charge < -0.3 is 14.8 Å². The molecule has 7 heteroatoms. The fraction of sp³-hybridized carbons (Fsp3) is 0.364. The van der Waals surface area contributed by atoms with E-state index in [9.17, 15) is 18.0 Å². The number of halogens is 3. The lowest BCUT2D eigenvalue weighted by atomic mass is 10.3. The Morgan fingerprint density at radius 1 is 1.33 bits per heavy atom. The molecule has 100 valence electrons. The molecule has 1 amide bonds. The third-order valence-electron chi connectivity index (χ3n) is 1.82. The summed E-state index contributed by atoms with van der Waals surface area (Å²) in [5.41, 5.74) is -0.0560. The first kappa shape index (κ1) is 14.3. The summed E-state index contributed by atoms with van der Waals surface area (Å²) in [6.45, 7) is 1.82. The first-order valence-electron chi connectivity index (χ1n) is 5.14. The highest BCUT2D eigenvalue weighted by molar-refractivity contribution is 5.93. The lowest BCUT2D eigenvalue weighted by Gasteiger charge is -2.13. The number of para-hydroxylation sites is 2. The normalized spacial score (nSPS) is 11.1. The quantitative estimate of drug-likeness (QED) is 0.888. The van der Waals surface area contributed by atoms with Crippen molar-refractivity contribution in [2.75, 3.05) is 18.5 Å². The predicted octanol–water partition coefficient (Wildman–Crippen LogP) is 2.56. The van der Waals surface area contributed by atoms with Crippen molar-refractivity contribution in [1.82, 2.24) is 0 Å². The molecule has 0 aliphatic carbocycles. The fourth-order valence-corrected chi connectivity index (χ4v) is 1.16. The van der Waals surface area contributed by atoms with E-state index in [-0.39, 0.29) is 12.3 Å². The minimum absolute atomic E-state index is 0.0560. The smallest absolute Gasteiger partial charge is 0.404 e. The number of carbonyl (C=O) groups excluding carboxylic acids is 1. The van der Waals surface area contributed by atoms with E-state index in [1.165, 1.54) is 18.2 Å². The maximum Gasteiger partial charge on any atom is 0.573 e. The van der Waals surface area contributed by atoms with Crippen LogP contribution in [0, 0.1) is 0 Å². The Bertz CT molecular complexity index is 407. The summed E-state index contributed by atoms with van der Waals surface area (Å²) >= 11 is 0. The zero-order chi connectivity index (χ0) is 13.6. The number of hydrogen-bond acceptors (Lipinski definition) is 3. The third-order valence-corrected chi connectivity index (χ3v) is 1.82. The lowest BCUT2D eigenvalue weighted by molar-refractivity contribution is -0.274. The van der Waals surface area contributed by atoms with Gasteiger partial charge in [0.05, 0.1) is 5.69 Å². The molecule has 0 spiro atoms. The Hall–Kier alpha value is -1.76. The molecule has 0 heterocycles. The molecule has 0 aromatic heterocycles. The van der Waals surface area contributed by atoms with E-state index in [1.54, 1.807) is 6.92 Å². The Balaban J connectivity index is 2.73. The van der Waals surface area contributed by atoms with Crippen LogP contribution in [-0.4, -0.2) is 25.5 Å². The fourth-order valence-electron chi connectivity index (χ4n) is 1.16. The van der Waals surface area contributed by atoms with Crippen molar-refractivity contribution < 1.29 is 27.4 Å². The van der Waals surface area contributed by atoms with Crippen LogP contribution < -0.4 is 10.1 Å². The monoisotopic (exact) mass is 263 g/mol. The average Bonchev–Trinajstić information content (AvgIpc) is 2.27. The number of alkyl halides is 3. The molecule has 1 aromatic carbocycles. The molecule has 0 fully saturated rings. The summed E-state index contributed by atoms with van der Waals surface area (Å²) in [7, 11) is 0. The number of nitrogens with one attached hydrogen (secondary N) is 1. The summed E-state index contributed by atoms with van der Waals surface area (Å²) in [6.07, 6.45) is -4.80. The maximum atomic E-state index is 12.1. The van der Waals surface area contributed by atoms with Gasteiger partial charge in [0.25, 0.3) is 0 Å². The minimum atomic E-state index is -4.80. The molecule has 0 saturated carbocycles. The van der Waals surface area contributed by atoms with Crippen LogP contribution in [0.1, 0.15) is 6.92 Å². The molecule has 1 rings (SSSR count). The van der Waals surface area contributed by atoms with Crippen LogP contribution in [0.2, 0.25) is 0 Å². The molecule has 4 nitrogen and oxygen atoms in total. The van der Waals surface area contributed by atoms with Gasteiger partial charge in [0.2, 0.25) is 5.91 Å². The highest BCUT2D eigenvalue weighted by atomic mass is 19.4. The SMILES string of the molecule is CCOCC(=O)Nc1ccccc1OC(F)(F)F. The van der Waals surface area contributed by atoms with Crippen molar-refractivity contribution in [3.8, 4) is 5.75 Å². The number of anilines is 1. The van der Waals surface area contributed by atoms with Crippen molar-refractivity contribution >= 4 is 11.6 Å². The van der Waals surface area contributed by atoms with E-state index < -0.39 is 18.0 Å². The molecule has 0 aliphatic heterocycles. The van der Waals surface area contributed by atoms with Crippen LogP contribution in [0.3, 0.4) is 0 Å². The largest absolute Gasteiger partial charge is 0.573 e. The molecule has 0 aliphatic rings. The first-order chi connectivity index (χ1) is 8.42. The summed E-state index contributed by atoms with van der Waals surface area (Å²) in [4.78, 5) is 11.3. The van der Waals surface area contributed by atoms with Crippen molar-refractivity contribution in [1.29, 1.82) is 0 Å². The number of hydrogen-bond donors (Lipinski definition) is 1.